The van der Waals surface area contributed by atoms with Gasteiger partial charge in [-0.15, -0.1) is 0 Å². The van der Waals surface area contributed by atoms with Gasteiger partial charge in [0, 0.05) is 24.4 Å². The summed E-state index contributed by atoms with van der Waals surface area (Å²) in [6.45, 7) is 5.78. The van der Waals surface area contributed by atoms with E-state index in [1.165, 1.54) is 0 Å². The molecular weight excluding hydrogens is 268 g/mol. The van der Waals surface area contributed by atoms with Crippen LogP contribution in [0.15, 0.2) is 24.3 Å². The molecule has 1 unspecified atom stereocenters. The average molecular weight is 294 g/mol. The minimum absolute atomic E-state index is 0.324. The number of amides is 1. The number of hydrogen-bond donors (Lipinski definition) is 3. The van der Waals surface area contributed by atoms with Crippen molar-refractivity contribution >= 4 is 11.6 Å². The van der Waals surface area contributed by atoms with E-state index in [0.29, 0.717) is 31.2 Å². The number of primary amides is 1. The number of nitrogens with one attached hydrogen (secondary N) is 1. The number of aliphatic hydroxyl groups is 1. The van der Waals surface area contributed by atoms with Crippen molar-refractivity contribution in [3.05, 3.63) is 29.8 Å². The number of rotatable bonds is 10. The zero-order valence-corrected chi connectivity index (χ0v) is 12.8. The SMILES string of the molecule is CC(C)CCCOCC(O)CNc1ccc(C(N)=O)cc1. The van der Waals surface area contributed by atoms with Gasteiger partial charge < -0.3 is 20.9 Å². The summed E-state index contributed by atoms with van der Waals surface area (Å²) in [4.78, 5) is 10.9. The van der Waals surface area contributed by atoms with Crippen molar-refractivity contribution in [3.63, 3.8) is 0 Å². The normalized spacial score (nSPS) is 12.4. The Morgan fingerprint density at radius 3 is 2.57 bits per heavy atom. The maximum absolute atomic E-state index is 10.9. The van der Waals surface area contributed by atoms with E-state index in [1.807, 2.05) is 0 Å². The minimum atomic E-state index is -0.556. The van der Waals surface area contributed by atoms with Crippen molar-refractivity contribution < 1.29 is 14.6 Å². The number of carbonyl (C=O) groups excluding carboxylic acids is 1. The Labute approximate surface area is 126 Å². The van der Waals surface area contributed by atoms with Crippen LogP contribution >= 0.6 is 0 Å². The van der Waals surface area contributed by atoms with E-state index in [1.54, 1.807) is 24.3 Å². The highest BCUT2D eigenvalue weighted by atomic mass is 16.5. The van der Waals surface area contributed by atoms with E-state index in [-0.39, 0.29) is 0 Å². The summed E-state index contributed by atoms with van der Waals surface area (Å²) >= 11 is 0. The third-order valence-corrected chi connectivity index (χ3v) is 3.09. The number of benzene rings is 1. The van der Waals surface area contributed by atoms with E-state index < -0.39 is 12.0 Å². The summed E-state index contributed by atoms with van der Waals surface area (Å²) in [6.07, 6.45) is 1.60. The lowest BCUT2D eigenvalue weighted by atomic mass is 10.1. The molecule has 0 aliphatic carbocycles. The maximum Gasteiger partial charge on any atom is 0.248 e. The lowest BCUT2D eigenvalue weighted by Crippen LogP contribution is -2.25. The molecule has 0 aromatic heterocycles. The molecule has 0 aliphatic heterocycles. The molecule has 118 valence electrons. The summed E-state index contributed by atoms with van der Waals surface area (Å²) in [5.74, 6) is 0.236. The van der Waals surface area contributed by atoms with Gasteiger partial charge >= 0.3 is 0 Å². The van der Waals surface area contributed by atoms with Crippen LogP contribution in [0.3, 0.4) is 0 Å². The highest BCUT2D eigenvalue weighted by Crippen LogP contribution is 2.09. The van der Waals surface area contributed by atoms with Gasteiger partial charge in [-0.05, 0) is 43.0 Å². The Balaban J connectivity index is 2.17. The Hall–Kier alpha value is -1.59. The van der Waals surface area contributed by atoms with Crippen LogP contribution in [0.4, 0.5) is 5.69 Å². The summed E-state index contributed by atoms with van der Waals surface area (Å²) < 4.78 is 5.43. The molecule has 0 saturated carbocycles. The van der Waals surface area contributed by atoms with Crippen LogP contribution in [0.2, 0.25) is 0 Å². The number of anilines is 1. The molecule has 0 fully saturated rings. The largest absolute Gasteiger partial charge is 0.389 e. The van der Waals surface area contributed by atoms with Gasteiger partial charge in [0.25, 0.3) is 0 Å². The molecule has 0 heterocycles. The molecule has 0 spiro atoms. The number of ether oxygens (including phenoxy) is 1. The highest BCUT2D eigenvalue weighted by molar-refractivity contribution is 5.93. The molecule has 21 heavy (non-hydrogen) atoms. The van der Waals surface area contributed by atoms with Gasteiger partial charge in [-0.25, -0.2) is 0 Å². The lowest BCUT2D eigenvalue weighted by molar-refractivity contribution is 0.0409. The number of carbonyl (C=O) groups is 1. The van der Waals surface area contributed by atoms with Crippen molar-refractivity contribution in [1.29, 1.82) is 0 Å². The molecule has 1 aromatic carbocycles. The molecule has 0 aliphatic rings. The first-order valence-corrected chi connectivity index (χ1v) is 7.38. The molecule has 0 saturated heterocycles. The van der Waals surface area contributed by atoms with Crippen LogP contribution in [-0.2, 0) is 4.74 Å². The summed E-state index contributed by atoms with van der Waals surface area (Å²) in [6, 6.07) is 6.82. The predicted octanol–water partition coefficient (Wildman–Crippen LogP) is 2.01. The van der Waals surface area contributed by atoms with Crippen LogP contribution < -0.4 is 11.1 Å². The topological polar surface area (TPSA) is 84.6 Å². The van der Waals surface area contributed by atoms with Crippen LogP contribution in [0.25, 0.3) is 0 Å². The van der Waals surface area contributed by atoms with Gasteiger partial charge in [-0.1, -0.05) is 13.8 Å². The first-order valence-electron chi connectivity index (χ1n) is 7.38. The molecule has 0 bridgehead atoms. The van der Waals surface area contributed by atoms with Crippen LogP contribution in [0.5, 0.6) is 0 Å². The smallest absolute Gasteiger partial charge is 0.248 e. The second-order valence-electron chi connectivity index (χ2n) is 5.59. The fourth-order valence-electron chi connectivity index (χ4n) is 1.86. The van der Waals surface area contributed by atoms with E-state index in [4.69, 9.17) is 10.5 Å². The molecule has 1 amide bonds. The second kappa shape index (κ2) is 9.37. The summed E-state index contributed by atoms with van der Waals surface area (Å²) in [5.41, 5.74) is 6.47. The summed E-state index contributed by atoms with van der Waals surface area (Å²) in [7, 11) is 0. The Kier molecular flexibility index (Phi) is 7.79. The summed E-state index contributed by atoms with van der Waals surface area (Å²) in [5, 5.41) is 12.9. The van der Waals surface area contributed by atoms with Gasteiger partial charge in [0.15, 0.2) is 0 Å². The molecule has 0 radical (unpaired) electrons. The van der Waals surface area contributed by atoms with Crippen LogP contribution in [-0.4, -0.2) is 36.9 Å². The Morgan fingerprint density at radius 1 is 1.33 bits per heavy atom. The zero-order chi connectivity index (χ0) is 15.7. The molecule has 5 nitrogen and oxygen atoms in total. The van der Waals surface area contributed by atoms with Gasteiger partial charge in [0.05, 0.1) is 12.7 Å². The predicted molar refractivity (Wildman–Crippen MR) is 84.3 cm³/mol. The molecule has 5 heteroatoms. The van der Waals surface area contributed by atoms with E-state index >= 15 is 0 Å². The van der Waals surface area contributed by atoms with Crippen molar-refractivity contribution in [3.8, 4) is 0 Å². The Bertz CT molecular complexity index is 418. The van der Waals surface area contributed by atoms with Gasteiger partial charge in [0.1, 0.15) is 0 Å². The highest BCUT2D eigenvalue weighted by Gasteiger charge is 2.05. The standard InChI is InChI=1S/C16H26N2O3/c1-12(2)4-3-9-21-11-15(19)10-18-14-7-5-13(6-8-14)16(17)20/h5-8,12,15,18-19H,3-4,9-11H2,1-2H3,(H2,17,20). The number of hydrogen-bond acceptors (Lipinski definition) is 4. The van der Waals surface area contributed by atoms with E-state index in [9.17, 15) is 9.90 Å². The van der Waals surface area contributed by atoms with Crippen molar-refractivity contribution in [2.45, 2.75) is 32.8 Å². The third-order valence-electron chi connectivity index (χ3n) is 3.09. The lowest BCUT2D eigenvalue weighted by Gasteiger charge is -2.13. The monoisotopic (exact) mass is 294 g/mol. The molecule has 4 N–H and O–H groups in total. The number of aliphatic hydroxyl groups excluding tert-OH is 1. The first kappa shape index (κ1) is 17.5. The number of nitrogens with two attached hydrogens (primary N) is 1. The maximum atomic E-state index is 10.9. The third kappa shape index (κ3) is 7.68. The fourth-order valence-corrected chi connectivity index (χ4v) is 1.86. The first-order chi connectivity index (χ1) is 9.99. The van der Waals surface area contributed by atoms with Crippen molar-refractivity contribution in [1.82, 2.24) is 0 Å². The van der Waals surface area contributed by atoms with Crippen LogP contribution in [0, 0.1) is 5.92 Å². The van der Waals surface area contributed by atoms with E-state index in [2.05, 4.69) is 19.2 Å². The fraction of sp³-hybridized carbons (Fsp3) is 0.562. The molecule has 1 rings (SSSR count). The van der Waals surface area contributed by atoms with Gasteiger partial charge in [-0.3, -0.25) is 4.79 Å². The van der Waals surface area contributed by atoms with Crippen LogP contribution in [0.1, 0.15) is 37.0 Å². The molecular formula is C16H26N2O3. The average Bonchev–Trinajstić information content (AvgIpc) is 2.44. The Morgan fingerprint density at radius 2 is 2.00 bits per heavy atom. The zero-order valence-electron chi connectivity index (χ0n) is 12.8. The van der Waals surface area contributed by atoms with Crippen molar-refractivity contribution in [2.24, 2.45) is 11.7 Å². The molecule has 1 aromatic rings. The van der Waals surface area contributed by atoms with Gasteiger partial charge in [0.2, 0.25) is 5.91 Å². The molecule has 1 atom stereocenters. The quantitative estimate of drug-likeness (QED) is 0.576. The minimum Gasteiger partial charge on any atom is -0.389 e. The second-order valence-corrected chi connectivity index (χ2v) is 5.59. The van der Waals surface area contributed by atoms with E-state index in [0.717, 1.165) is 18.5 Å². The van der Waals surface area contributed by atoms with Gasteiger partial charge in [-0.2, -0.15) is 0 Å². The van der Waals surface area contributed by atoms with Crippen molar-refractivity contribution in [2.75, 3.05) is 25.1 Å².